The second-order valence-corrected chi connectivity index (χ2v) is 4.92. The van der Waals surface area contributed by atoms with Gasteiger partial charge in [-0.3, -0.25) is 0 Å². The van der Waals surface area contributed by atoms with Crippen molar-refractivity contribution in [1.82, 2.24) is 0 Å². The fourth-order valence-corrected chi connectivity index (χ4v) is 2.33. The molecule has 0 aromatic rings. The normalized spacial score (nSPS) is 22.3. The maximum Gasteiger partial charge on any atom is 0.155 e. The van der Waals surface area contributed by atoms with Crippen LogP contribution in [0.4, 0.5) is 0 Å². The van der Waals surface area contributed by atoms with Crippen molar-refractivity contribution in [3.63, 3.8) is 0 Å². The maximum atomic E-state index is 9.50. The Balaban J connectivity index is 2.45. The molecular weight excluding hydrogens is 176 g/mol. The molecule has 1 atom stereocenters. The number of aliphatic hydroxyl groups is 1. The van der Waals surface area contributed by atoms with Gasteiger partial charge in [0, 0.05) is 0 Å². The first-order valence-electron chi connectivity index (χ1n) is 5.92. The lowest BCUT2D eigenvalue weighted by Gasteiger charge is -2.38. The average molecular weight is 200 g/mol. The van der Waals surface area contributed by atoms with Crippen LogP contribution >= 0.6 is 0 Å². The highest BCUT2D eigenvalue weighted by Gasteiger charge is 2.32. The van der Waals surface area contributed by atoms with Crippen LogP contribution in [0.5, 0.6) is 0 Å². The molecule has 1 unspecified atom stereocenters. The Morgan fingerprint density at radius 3 is 2.36 bits per heavy atom. The predicted molar refractivity (Wildman–Crippen MR) is 58.0 cm³/mol. The van der Waals surface area contributed by atoms with E-state index in [4.69, 9.17) is 4.74 Å². The molecule has 1 aliphatic carbocycles. The smallest absolute Gasteiger partial charge is 0.155 e. The third kappa shape index (κ3) is 3.25. The molecule has 0 aliphatic heterocycles. The van der Waals surface area contributed by atoms with Crippen molar-refractivity contribution < 1.29 is 9.84 Å². The van der Waals surface area contributed by atoms with Gasteiger partial charge in [-0.1, -0.05) is 26.2 Å². The molecule has 0 aromatic heterocycles. The third-order valence-electron chi connectivity index (χ3n) is 3.38. The van der Waals surface area contributed by atoms with E-state index in [0.717, 1.165) is 0 Å². The molecule has 84 valence electrons. The molecule has 0 heterocycles. The molecule has 1 N–H and O–H groups in total. The Morgan fingerprint density at radius 2 is 1.86 bits per heavy atom. The van der Waals surface area contributed by atoms with E-state index < -0.39 is 6.29 Å². The Morgan fingerprint density at radius 1 is 1.29 bits per heavy atom. The molecule has 0 amide bonds. The van der Waals surface area contributed by atoms with Gasteiger partial charge in [0.05, 0.1) is 5.60 Å². The van der Waals surface area contributed by atoms with Gasteiger partial charge in [-0.25, -0.2) is 0 Å². The van der Waals surface area contributed by atoms with Crippen LogP contribution in [0.2, 0.25) is 0 Å². The second-order valence-electron chi connectivity index (χ2n) is 4.92. The number of ether oxygens (including phenoxy) is 1. The van der Waals surface area contributed by atoms with Gasteiger partial charge in [0.2, 0.25) is 0 Å². The van der Waals surface area contributed by atoms with E-state index >= 15 is 0 Å². The van der Waals surface area contributed by atoms with Crippen LogP contribution in [0, 0.1) is 5.92 Å². The highest BCUT2D eigenvalue weighted by molar-refractivity contribution is 4.82. The summed E-state index contributed by atoms with van der Waals surface area (Å²) in [5.74, 6) is 0.623. The molecular formula is C12H24O2. The van der Waals surface area contributed by atoms with Crippen LogP contribution in [-0.2, 0) is 4.74 Å². The van der Waals surface area contributed by atoms with E-state index in [0.29, 0.717) is 12.3 Å². The van der Waals surface area contributed by atoms with Crippen molar-refractivity contribution in [2.75, 3.05) is 0 Å². The highest BCUT2D eigenvalue weighted by Crippen LogP contribution is 2.35. The standard InChI is InChI=1S/C12H24O2/c1-4-11(13)14-12(2,3)10-8-6-5-7-9-10/h10-11,13H,4-9H2,1-3H3. The lowest BCUT2D eigenvalue weighted by Crippen LogP contribution is -2.39. The average Bonchev–Trinajstić information content (AvgIpc) is 2.18. The SMILES string of the molecule is CCC(O)OC(C)(C)C1CCCCC1. The van der Waals surface area contributed by atoms with Crippen molar-refractivity contribution >= 4 is 0 Å². The Bertz CT molecular complexity index is 160. The van der Waals surface area contributed by atoms with E-state index in [1.807, 2.05) is 6.92 Å². The molecule has 0 bridgehead atoms. The highest BCUT2D eigenvalue weighted by atomic mass is 16.6. The summed E-state index contributed by atoms with van der Waals surface area (Å²) in [6.07, 6.45) is 6.59. The van der Waals surface area contributed by atoms with Gasteiger partial charge >= 0.3 is 0 Å². The summed E-state index contributed by atoms with van der Waals surface area (Å²) in [6.45, 7) is 6.17. The zero-order valence-electron chi connectivity index (χ0n) is 9.75. The Hall–Kier alpha value is -0.0800. The quantitative estimate of drug-likeness (QED) is 0.707. The molecule has 1 rings (SSSR count). The molecule has 1 aliphatic rings. The number of hydrogen-bond acceptors (Lipinski definition) is 2. The van der Waals surface area contributed by atoms with Gasteiger partial charge in [0.1, 0.15) is 0 Å². The fourth-order valence-electron chi connectivity index (χ4n) is 2.33. The molecule has 0 spiro atoms. The molecule has 2 nitrogen and oxygen atoms in total. The zero-order chi connectivity index (χ0) is 10.6. The van der Waals surface area contributed by atoms with E-state index in [-0.39, 0.29) is 5.60 Å². The van der Waals surface area contributed by atoms with Crippen LogP contribution in [0.1, 0.15) is 59.3 Å². The molecule has 14 heavy (non-hydrogen) atoms. The van der Waals surface area contributed by atoms with E-state index in [1.54, 1.807) is 0 Å². The molecule has 1 saturated carbocycles. The van der Waals surface area contributed by atoms with Gasteiger partial charge in [-0.2, -0.15) is 0 Å². The van der Waals surface area contributed by atoms with Gasteiger partial charge in [-0.05, 0) is 39.0 Å². The molecule has 0 radical (unpaired) electrons. The van der Waals surface area contributed by atoms with Crippen LogP contribution in [0.3, 0.4) is 0 Å². The van der Waals surface area contributed by atoms with Gasteiger partial charge in [0.15, 0.2) is 6.29 Å². The van der Waals surface area contributed by atoms with E-state index in [2.05, 4.69) is 13.8 Å². The first-order chi connectivity index (χ1) is 6.56. The summed E-state index contributed by atoms with van der Waals surface area (Å²) >= 11 is 0. The lowest BCUT2D eigenvalue weighted by molar-refractivity contribution is -0.195. The topological polar surface area (TPSA) is 29.5 Å². The van der Waals surface area contributed by atoms with Gasteiger partial charge in [-0.15, -0.1) is 0 Å². The minimum atomic E-state index is -0.591. The van der Waals surface area contributed by atoms with Crippen LogP contribution in [-0.4, -0.2) is 17.0 Å². The summed E-state index contributed by atoms with van der Waals surface area (Å²) in [6, 6.07) is 0. The second kappa shape index (κ2) is 5.13. The summed E-state index contributed by atoms with van der Waals surface area (Å²) in [5, 5.41) is 9.50. The number of hydrogen-bond donors (Lipinski definition) is 1. The van der Waals surface area contributed by atoms with Crippen LogP contribution < -0.4 is 0 Å². The first kappa shape index (κ1) is 12.0. The molecule has 1 fully saturated rings. The van der Waals surface area contributed by atoms with Crippen molar-refractivity contribution in [3.05, 3.63) is 0 Å². The predicted octanol–water partition coefficient (Wildman–Crippen LogP) is 3.09. The summed E-state index contributed by atoms with van der Waals surface area (Å²) in [5.41, 5.74) is -0.157. The summed E-state index contributed by atoms with van der Waals surface area (Å²) < 4.78 is 5.68. The van der Waals surface area contributed by atoms with E-state index in [1.165, 1.54) is 32.1 Å². The zero-order valence-corrected chi connectivity index (χ0v) is 9.75. The maximum absolute atomic E-state index is 9.50. The number of rotatable bonds is 4. The Labute approximate surface area is 87.7 Å². The van der Waals surface area contributed by atoms with Crippen LogP contribution in [0.15, 0.2) is 0 Å². The summed E-state index contributed by atoms with van der Waals surface area (Å²) in [7, 11) is 0. The van der Waals surface area contributed by atoms with E-state index in [9.17, 15) is 5.11 Å². The van der Waals surface area contributed by atoms with Crippen molar-refractivity contribution in [3.8, 4) is 0 Å². The van der Waals surface area contributed by atoms with Crippen molar-refractivity contribution in [2.24, 2.45) is 5.92 Å². The first-order valence-corrected chi connectivity index (χ1v) is 5.92. The van der Waals surface area contributed by atoms with Crippen molar-refractivity contribution in [2.45, 2.75) is 71.2 Å². The van der Waals surface area contributed by atoms with Crippen LogP contribution in [0.25, 0.3) is 0 Å². The molecule has 2 heteroatoms. The lowest BCUT2D eigenvalue weighted by atomic mass is 9.79. The van der Waals surface area contributed by atoms with Gasteiger partial charge < -0.3 is 9.84 Å². The third-order valence-corrected chi connectivity index (χ3v) is 3.38. The van der Waals surface area contributed by atoms with Crippen molar-refractivity contribution in [1.29, 1.82) is 0 Å². The van der Waals surface area contributed by atoms with Gasteiger partial charge in [0.25, 0.3) is 0 Å². The summed E-state index contributed by atoms with van der Waals surface area (Å²) in [4.78, 5) is 0. The Kier molecular flexibility index (Phi) is 4.39. The minimum Gasteiger partial charge on any atom is -0.368 e. The molecule has 0 saturated heterocycles. The largest absolute Gasteiger partial charge is 0.368 e. The molecule has 0 aromatic carbocycles. The number of aliphatic hydroxyl groups excluding tert-OH is 1. The minimum absolute atomic E-state index is 0.157. The fraction of sp³-hybridized carbons (Fsp3) is 1.00. The monoisotopic (exact) mass is 200 g/mol.